The summed E-state index contributed by atoms with van der Waals surface area (Å²) < 4.78 is 0. The maximum Gasteiger partial charge on any atom is 0.236 e. The first kappa shape index (κ1) is 12.7. The standard InChI is InChI=1S/C13H20N2O/c1-9-5-6-12(7-10(9)2)8-15-11(3)13(16)14-4/h5-7,11,15H,8H2,1-4H3,(H,14,16)/t11-/m1/s1. The van der Waals surface area contributed by atoms with E-state index in [1.165, 1.54) is 16.7 Å². The van der Waals surface area contributed by atoms with Crippen LogP contribution in [-0.4, -0.2) is 19.0 Å². The minimum atomic E-state index is -0.161. The fourth-order valence-electron chi connectivity index (χ4n) is 1.49. The monoisotopic (exact) mass is 220 g/mol. The van der Waals surface area contributed by atoms with Crippen molar-refractivity contribution in [3.63, 3.8) is 0 Å². The van der Waals surface area contributed by atoms with Gasteiger partial charge in [-0.05, 0) is 37.5 Å². The van der Waals surface area contributed by atoms with Crippen LogP contribution in [0.2, 0.25) is 0 Å². The van der Waals surface area contributed by atoms with Gasteiger partial charge in [-0.1, -0.05) is 18.2 Å². The van der Waals surface area contributed by atoms with Crippen molar-refractivity contribution in [1.82, 2.24) is 10.6 Å². The van der Waals surface area contributed by atoms with Crippen molar-refractivity contribution in [2.24, 2.45) is 0 Å². The lowest BCUT2D eigenvalue weighted by atomic mass is 10.1. The molecule has 1 atom stereocenters. The lowest BCUT2D eigenvalue weighted by molar-refractivity contribution is -0.122. The molecule has 16 heavy (non-hydrogen) atoms. The van der Waals surface area contributed by atoms with Crippen LogP contribution in [0.5, 0.6) is 0 Å². The zero-order chi connectivity index (χ0) is 12.1. The van der Waals surface area contributed by atoms with Crippen LogP contribution in [0, 0.1) is 13.8 Å². The Hall–Kier alpha value is -1.35. The molecule has 1 aromatic carbocycles. The second-order valence-electron chi connectivity index (χ2n) is 4.14. The molecule has 1 aromatic rings. The topological polar surface area (TPSA) is 41.1 Å². The number of rotatable bonds is 4. The highest BCUT2D eigenvalue weighted by Gasteiger charge is 2.09. The van der Waals surface area contributed by atoms with Crippen molar-refractivity contribution in [2.75, 3.05) is 7.05 Å². The van der Waals surface area contributed by atoms with Crippen LogP contribution in [0.1, 0.15) is 23.6 Å². The fourth-order valence-corrected chi connectivity index (χ4v) is 1.49. The summed E-state index contributed by atoms with van der Waals surface area (Å²) in [6.07, 6.45) is 0. The summed E-state index contributed by atoms with van der Waals surface area (Å²) in [5.74, 6) is 0.0174. The zero-order valence-electron chi connectivity index (χ0n) is 10.4. The van der Waals surface area contributed by atoms with E-state index >= 15 is 0 Å². The molecule has 3 heteroatoms. The second-order valence-corrected chi connectivity index (χ2v) is 4.14. The summed E-state index contributed by atoms with van der Waals surface area (Å²) in [6, 6.07) is 6.19. The van der Waals surface area contributed by atoms with E-state index in [4.69, 9.17) is 0 Å². The van der Waals surface area contributed by atoms with Crippen LogP contribution in [0.25, 0.3) is 0 Å². The van der Waals surface area contributed by atoms with E-state index in [-0.39, 0.29) is 11.9 Å². The van der Waals surface area contributed by atoms with Gasteiger partial charge in [0.1, 0.15) is 0 Å². The van der Waals surface area contributed by atoms with Gasteiger partial charge in [0.15, 0.2) is 0 Å². The van der Waals surface area contributed by atoms with Crippen molar-refractivity contribution in [3.05, 3.63) is 34.9 Å². The number of aryl methyl sites for hydroxylation is 2. The van der Waals surface area contributed by atoms with Crippen LogP contribution in [0.4, 0.5) is 0 Å². The highest BCUT2D eigenvalue weighted by molar-refractivity contribution is 5.80. The van der Waals surface area contributed by atoms with Gasteiger partial charge in [0, 0.05) is 13.6 Å². The van der Waals surface area contributed by atoms with E-state index in [0.717, 1.165) is 6.54 Å². The number of carbonyl (C=O) groups is 1. The maximum absolute atomic E-state index is 11.3. The van der Waals surface area contributed by atoms with Crippen LogP contribution in [0.15, 0.2) is 18.2 Å². The van der Waals surface area contributed by atoms with Gasteiger partial charge < -0.3 is 10.6 Å². The summed E-state index contributed by atoms with van der Waals surface area (Å²) in [5.41, 5.74) is 3.79. The Labute approximate surface area is 97.2 Å². The highest BCUT2D eigenvalue weighted by Crippen LogP contribution is 2.09. The van der Waals surface area contributed by atoms with Gasteiger partial charge in [0.05, 0.1) is 6.04 Å². The van der Waals surface area contributed by atoms with Crippen molar-refractivity contribution in [2.45, 2.75) is 33.4 Å². The molecule has 0 heterocycles. The zero-order valence-corrected chi connectivity index (χ0v) is 10.4. The molecule has 0 aliphatic rings. The van der Waals surface area contributed by atoms with Crippen molar-refractivity contribution in [3.8, 4) is 0 Å². The van der Waals surface area contributed by atoms with E-state index in [1.807, 2.05) is 6.92 Å². The van der Waals surface area contributed by atoms with E-state index in [9.17, 15) is 4.79 Å². The first-order valence-electron chi connectivity index (χ1n) is 5.55. The number of hydrogen-bond donors (Lipinski definition) is 2. The van der Waals surface area contributed by atoms with Gasteiger partial charge >= 0.3 is 0 Å². The molecule has 1 rings (SSSR count). The van der Waals surface area contributed by atoms with E-state index in [1.54, 1.807) is 7.05 Å². The predicted octanol–water partition coefficient (Wildman–Crippen LogP) is 1.53. The SMILES string of the molecule is CNC(=O)[C@@H](C)NCc1ccc(C)c(C)c1. The lowest BCUT2D eigenvalue weighted by Crippen LogP contribution is -2.40. The number of amides is 1. The third kappa shape index (κ3) is 3.35. The number of likely N-dealkylation sites (N-methyl/N-ethyl adjacent to an activating group) is 1. The molecule has 0 unspecified atom stereocenters. The summed E-state index contributed by atoms with van der Waals surface area (Å²) in [5, 5.41) is 5.80. The van der Waals surface area contributed by atoms with E-state index in [2.05, 4.69) is 42.7 Å². The molecule has 0 saturated carbocycles. The highest BCUT2D eigenvalue weighted by atomic mass is 16.2. The normalized spacial score (nSPS) is 12.2. The van der Waals surface area contributed by atoms with Gasteiger partial charge in [-0.3, -0.25) is 4.79 Å². The second kappa shape index (κ2) is 5.66. The number of carbonyl (C=O) groups excluding carboxylic acids is 1. The molecule has 1 amide bonds. The Kier molecular flexibility index (Phi) is 4.50. The third-order valence-corrected chi connectivity index (χ3v) is 2.82. The Morgan fingerprint density at radius 1 is 1.31 bits per heavy atom. The number of hydrogen-bond acceptors (Lipinski definition) is 2. The Morgan fingerprint density at radius 2 is 2.00 bits per heavy atom. The number of benzene rings is 1. The van der Waals surface area contributed by atoms with Crippen molar-refractivity contribution < 1.29 is 4.79 Å². The molecule has 0 aliphatic carbocycles. The summed E-state index contributed by atoms with van der Waals surface area (Å²) in [6.45, 7) is 6.77. The average molecular weight is 220 g/mol. The summed E-state index contributed by atoms with van der Waals surface area (Å²) in [7, 11) is 1.65. The molecule has 0 aliphatic heterocycles. The maximum atomic E-state index is 11.3. The Bertz CT molecular complexity index is 374. The predicted molar refractivity (Wildman–Crippen MR) is 66.3 cm³/mol. The van der Waals surface area contributed by atoms with Crippen LogP contribution in [-0.2, 0) is 11.3 Å². The smallest absolute Gasteiger partial charge is 0.236 e. The Morgan fingerprint density at radius 3 is 2.56 bits per heavy atom. The molecule has 88 valence electrons. The van der Waals surface area contributed by atoms with E-state index in [0.29, 0.717) is 0 Å². The summed E-state index contributed by atoms with van der Waals surface area (Å²) in [4.78, 5) is 11.3. The largest absolute Gasteiger partial charge is 0.358 e. The minimum absolute atomic E-state index is 0.0174. The third-order valence-electron chi connectivity index (χ3n) is 2.82. The van der Waals surface area contributed by atoms with Crippen LogP contribution >= 0.6 is 0 Å². The molecule has 0 spiro atoms. The van der Waals surface area contributed by atoms with Gasteiger partial charge in [-0.2, -0.15) is 0 Å². The molecule has 0 saturated heterocycles. The number of nitrogens with one attached hydrogen (secondary N) is 2. The lowest BCUT2D eigenvalue weighted by Gasteiger charge is -2.12. The molecule has 0 radical (unpaired) electrons. The molecule has 3 nitrogen and oxygen atoms in total. The average Bonchev–Trinajstić information content (AvgIpc) is 2.29. The Balaban J connectivity index is 2.55. The fraction of sp³-hybridized carbons (Fsp3) is 0.462. The first-order valence-corrected chi connectivity index (χ1v) is 5.55. The molecular weight excluding hydrogens is 200 g/mol. The van der Waals surface area contributed by atoms with E-state index < -0.39 is 0 Å². The molecular formula is C13H20N2O. The molecule has 2 N–H and O–H groups in total. The van der Waals surface area contributed by atoms with Crippen molar-refractivity contribution in [1.29, 1.82) is 0 Å². The van der Waals surface area contributed by atoms with Crippen molar-refractivity contribution >= 4 is 5.91 Å². The van der Waals surface area contributed by atoms with Gasteiger partial charge in [-0.25, -0.2) is 0 Å². The first-order chi connectivity index (χ1) is 7.54. The quantitative estimate of drug-likeness (QED) is 0.808. The summed E-state index contributed by atoms with van der Waals surface area (Å²) >= 11 is 0. The van der Waals surface area contributed by atoms with Gasteiger partial charge in [0.2, 0.25) is 5.91 Å². The van der Waals surface area contributed by atoms with Crippen LogP contribution < -0.4 is 10.6 Å². The molecule has 0 fully saturated rings. The molecule has 0 aromatic heterocycles. The minimum Gasteiger partial charge on any atom is -0.358 e. The van der Waals surface area contributed by atoms with Gasteiger partial charge in [-0.15, -0.1) is 0 Å². The van der Waals surface area contributed by atoms with Crippen LogP contribution in [0.3, 0.4) is 0 Å². The van der Waals surface area contributed by atoms with Gasteiger partial charge in [0.25, 0.3) is 0 Å². The molecule has 0 bridgehead atoms.